The zero-order valence-corrected chi connectivity index (χ0v) is 20.3. The lowest BCUT2D eigenvalue weighted by molar-refractivity contribution is -0.154. The molecule has 0 aliphatic rings. The summed E-state index contributed by atoms with van der Waals surface area (Å²) in [5.74, 6) is -2.68. The van der Waals surface area contributed by atoms with Crippen LogP contribution in [0.5, 0.6) is 0 Å². The number of hydrogen-bond donors (Lipinski definition) is 4. The van der Waals surface area contributed by atoms with E-state index in [4.69, 9.17) is 18.9 Å². The third kappa shape index (κ3) is 15.3. The van der Waals surface area contributed by atoms with Crippen molar-refractivity contribution in [2.75, 3.05) is 74.7 Å². The fraction of sp³-hybridized carbons (Fsp3) is 0.700. The number of amides is 4. The van der Waals surface area contributed by atoms with Gasteiger partial charge >= 0.3 is 0 Å². The summed E-state index contributed by atoms with van der Waals surface area (Å²) in [7, 11) is 5.45. The van der Waals surface area contributed by atoms with Crippen molar-refractivity contribution < 1.29 is 48.3 Å². The first-order valence-corrected chi connectivity index (χ1v) is 10.1. The molecule has 0 fully saturated rings. The minimum Gasteiger partial charge on any atom is -0.389 e. The molecule has 14 nitrogen and oxygen atoms in total. The van der Waals surface area contributed by atoms with Crippen molar-refractivity contribution in [2.45, 2.75) is 18.8 Å². The summed E-state index contributed by atoms with van der Waals surface area (Å²) in [6, 6.07) is 0. The number of hydrogen-bond acceptors (Lipinski definition) is 10. The molecule has 2 atom stereocenters. The molecule has 0 aliphatic heterocycles. The normalized spacial score (nSPS) is 11.9. The van der Waals surface area contributed by atoms with Gasteiger partial charge in [-0.3, -0.25) is 24.1 Å². The summed E-state index contributed by atoms with van der Waals surface area (Å²) in [6.45, 7) is 4.58. The highest BCUT2D eigenvalue weighted by Gasteiger charge is 2.23. The molecule has 0 aromatic rings. The minimum absolute atomic E-state index is 0.0169. The Labute approximate surface area is 199 Å². The predicted octanol–water partition coefficient (Wildman–Crippen LogP) is -2.75. The van der Waals surface area contributed by atoms with Gasteiger partial charge in [0, 0.05) is 28.4 Å². The molecule has 0 bridgehead atoms. The molecule has 0 rings (SSSR count). The van der Waals surface area contributed by atoms with Gasteiger partial charge in [0.1, 0.15) is 19.9 Å². The van der Waals surface area contributed by atoms with Crippen LogP contribution < -0.4 is 10.6 Å². The van der Waals surface area contributed by atoms with Gasteiger partial charge in [-0.15, -0.1) is 13.2 Å². The fourth-order valence-corrected chi connectivity index (χ4v) is 2.42. The van der Waals surface area contributed by atoms with Gasteiger partial charge in [0.2, 0.25) is 23.6 Å². The van der Waals surface area contributed by atoms with Gasteiger partial charge in [0.25, 0.3) is 0 Å². The Kier molecular flexibility index (Phi) is 20.7. The molecule has 0 radical (unpaired) electrons. The van der Waals surface area contributed by atoms with E-state index in [-0.39, 0.29) is 33.2 Å². The highest BCUT2D eigenvalue weighted by Crippen LogP contribution is 1.99. The lowest BCUT2D eigenvalue weighted by atomic mass is 10.3. The molecule has 0 aromatic carbocycles. The Morgan fingerprint density at radius 1 is 0.794 bits per heavy atom. The first-order chi connectivity index (χ1) is 16.2. The van der Waals surface area contributed by atoms with Gasteiger partial charge in [-0.25, -0.2) is 0 Å². The number of ether oxygens (including phenoxy) is 4. The third-order valence-electron chi connectivity index (χ3n) is 3.89. The van der Waals surface area contributed by atoms with Crippen molar-refractivity contribution in [1.82, 2.24) is 20.4 Å². The Bertz CT molecular complexity index is 608. The summed E-state index contributed by atoms with van der Waals surface area (Å²) >= 11 is 0. The van der Waals surface area contributed by atoms with Crippen LogP contribution in [0.15, 0.2) is 13.2 Å². The van der Waals surface area contributed by atoms with Crippen molar-refractivity contribution in [3.8, 4) is 0 Å². The Morgan fingerprint density at radius 3 is 1.76 bits per heavy atom. The van der Waals surface area contributed by atoms with Crippen LogP contribution in [0.2, 0.25) is 0 Å². The van der Waals surface area contributed by atoms with E-state index < -0.39 is 55.5 Å². The maximum atomic E-state index is 12.2. The lowest BCUT2D eigenvalue weighted by Crippen LogP contribution is -2.48. The van der Waals surface area contributed by atoms with Crippen molar-refractivity contribution in [1.29, 1.82) is 0 Å². The van der Waals surface area contributed by atoms with E-state index in [1.165, 1.54) is 33.3 Å². The second kappa shape index (κ2) is 20.9. The van der Waals surface area contributed by atoms with Gasteiger partial charge in [0.05, 0.1) is 39.0 Å². The first kappa shape index (κ1) is 33.6. The zero-order chi connectivity index (χ0) is 26.5. The van der Waals surface area contributed by atoms with Crippen LogP contribution in [0, 0.1) is 0 Å². The topological polar surface area (TPSA) is 176 Å². The Morgan fingerprint density at radius 2 is 1.29 bits per heavy atom. The Hall–Kier alpha value is -2.62. The van der Waals surface area contributed by atoms with E-state index in [0.717, 1.165) is 4.90 Å². The second-order valence-corrected chi connectivity index (χ2v) is 6.59. The number of methoxy groups -OCH3 is 4. The molecule has 198 valence electrons. The molecular formula is C20H38N4O10. The van der Waals surface area contributed by atoms with Gasteiger partial charge in [0.15, 0.2) is 6.23 Å². The van der Waals surface area contributed by atoms with Crippen molar-refractivity contribution in [2.24, 2.45) is 0 Å². The first-order valence-electron chi connectivity index (χ1n) is 10.1. The molecular weight excluding hydrogens is 456 g/mol. The monoisotopic (exact) mass is 494 g/mol. The maximum absolute atomic E-state index is 12.2. The number of carbonyl (C=O) groups excluding carboxylic acids is 4. The van der Waals surface area contributed by atoms with E-state index in [1.54, 1.807) is 0 Å². The molecule has 2 unspecified atom stereocenters. The van der Waals surface area contributed by atoms with Crippen molar-refractivity contribution >= 4 is 23.6 Å². The number of nitrogens with zero attached hydrogens (tertiary/aromatic N) is 2. The molecule has 0 aliphatic carbocycles. The highest BCUT2D eigenvalue weighted by molar-refractivity contribution is 5.99. The van der Waals surface area contributed by atoms with Gasteiger partial charge in [-0.1, -0.05) is 0 Å². The fourth-order valence-electron chi connectivity index (χ4n) is 2.42. The molecule has 0 heterocycles. The number of aliphatic hydroxyl groups is 2. The zero-order valence-electron chi connectivity index (χ0n) is 20.3. The number of carbonyl (C=O) groups is 4. The quantitative estimate of drug-likeness (QED) is 0.0942. The van der Waals surface area contributed by atoms with Crippen LogP contribution in [-0.4, -0.2) is 131 Å². The SMILES string of the molecule is C=C.COCC(O)CN(COC)C(=O)CNC(=O)CC(=O)NCC(=O)N(COC)C(O)COC. The molecule has 34 heavy (non-hydrogen) atoms. The minimum atomic E-state index is -1.27. The van der Waals surface area contributed by atoms with Crippen LogP contribution in [-0.2, 0) is 38.1 Å². The van der Waals surface area contributed by atoms with Crippen LogP contribution in [0.25, 0.3) is 0 Å². The molecule has 4 N–H and O–H groups in total. The molecule has 0 spiro atoms. The third-order valence-corrected chi connectivity index (χ3v) is 3.89. The second-order valence-electron chi connectivity index (χ2n) is 6.59. The largest absolute Gasteiger partial charge is 0.389 e. The summed E-state index contributed by atoms with van der Waals surface area (Å²) in [6.07, 6.45) is -2.82. The van der Waals surface area contributed by atoms with Crippen LogP contribution in [0.3, 0.4) is 0 Å². The molecule has 0 aromatic heterocycles. The van der Waals surface area contributed by atoms with Gasteiger partial charge in [-0.2, -0.15) is 0 Å². The van der Waals surface area contributed by atoms with Crippen LogP contribution in [0.1, 0.15) is 6.42 Å². The summed E-state index contributed by atoms with van der Waals surface area (Å²) in [5, 5.41) is 24.2. The molecule has 0 saturated heterocycles. The smallest absolute Gasteiger partial charge is 0.245 e. The summed E-state index contributed by atoms with van der Waals surface area (Å²) in [5.41, 5.74) is 0. The van der Waals surface area contributed by atoms with E-state index in [0.29, 0.717) is 0 Å². The van der Waals surface area contributed by atoms with E-state index in [2.05, 4.69) is 23.8 Å². The number of nitrogens with one attached hydrogen (secondary N) is 2. The molecule has 0 saturated carbocycles. The van der Waals surface area contributed by atoms with Gasteiger partial charge in [-0.05, 0) is 0 Å². The maximum Gasteiger partial charge on any atom is 0.245 e. The Balaban J connectivity index is 0. The molecule has 4 amide bonds. The molecule has 14 heteroatoms. The number of aliphatic hydroxyl groups excluding tert-OH is 2. The summed E-state index contributed by atoms with van der Waals surface area (Å²) in [4.78, 5) is 50.3. The standard InChI is InChI=1S/C18H34N4O10.C2H4/c1-29-9-13(23)8-21(11-31-3)16(26)6-19-14(24)5-15(25)20-7-17(27)22(12-32-4)18(28)10-30-2;1-2/h13,18,23,28H,5-12H2,1-4H3,(H,19,24)(H,20,25);1-2H2. The van der Waals surface area contributed by atoms with E-state index >= 15 is 0 Å². The predicted molar refractivity (Wildman–Crippen MR) is 120 cm³/mol. The van der Waals surface area contributed by atoms with Crippen LogP contribution >= 0.6 is 0 Å². The lowest BCUT2D eigenvalue weighted by Gasteiger charge is -2.26. The average molecular weight is 495 g/mol. The van der Waals surface area contributed by atoms with Crippen molar-refractivity contribution in [3.05, 3.63) is 13.2 Å². The average Bonchev–Trinajstić information content (AvgIpc) is 2.80. The van der Waals surface area contributed by atoms with Crippen LogP contribution in [0.4, 0.5) is 0 Å². The van der Waals surface area contributed by atoms with E-state index in [1.807, 2.05) is 0 Å². The highest BCUT2D eigenvalue weighted by atomic mass is 16.5. The van der Waals surface area contributed by atoms with E-state index in [9.17, 15) is 29.4 Å². The number of rotatable bonds is 17. The van der Waals surface area contributed by atoms with Crippen molar-refractivity contribution in [3.63, 3.8) is 0 Å². The summed E-state index contributed by atoms with van der Waals surface area (Å²) < 4.78 is 19.3. The van der Waals surface area contributed by atoms with Gasteiger partial charge < -0.3 is 44.7 Å².